The highest BCUT2D eigenvalue weighted by Gasteiger charge is 2.29. The summed E-state index contributed by atoms with van der Waals surface area (Å²) >= 11 is 3.42. The van der Waals surface area contributed by atoms with Crippen LogP contribution in [0, 0.1) is 0 Å². The van der Waals surface area contributed by atoms with Crippen LogP contribution in [0.25, 0.3) is 11.6 Å². The van der Waals surface area contributed by atoms with Crippen molar-refractivity contribution in [3.05, 3.63) is 63.6 Å². The van der Waals surface area contributed by atoms with Crippen LogP contribution in [0.3, 0.4) is 0 Å². The van der Waals surface area contributed by atoms with Crippen LogP contribution in [0.15, 0.2) is 46.9 Å². The minimum Gasteiger partial charge on any atom is -0.497 e. The second kappa shape index (κ2) is 5.30. The molecule has 0 unspecified atom stereocenters. The Bertz CT molecular complexity index is 790. The molecule has 0 heterocycles. The summed E-state index contributed by atoms with van der Waals surface area (Å²) in [6.45, 7) is 0. The molecule has 4 heteroatoms. The smallest absolute Gasteiger partial charge is 0.234 e. The zero-order valence-corrected chi connectivity index (χ0v) is 12.8. The van der Waals surface area contributed by atoms with Gasteiger partial charge < -0.3 is 4.74 Å². The highest BCUT2D eigenvalue weighted by atomic mass is 79.9. The first-order chi connectivity index (χ1) is 10.1. The molecule has 0 radical (unpaired) electrons. The Kier molecular flexibility index (Phi) is 3.47. The Labute approximate surface area is 130 Å². The zero-order chi connectivity index (χ0) is 15.0. The van der Waals surface area contributed by atoms with E-state index >= 15 is 0 Å². The molecule has 1 aliphatic carbocycles. The van der Waals surface area contributed by atoms with Gasteiger partial charge in [0.1, 0.15) is 5.75 Å². The minimum absolute atomic E-state index is 0.384. The third kappa shape index (κ3) is 2.32. The number of methoxy groups -OCH3 is 1. The van der Waals surface area contributed by atoms with Crippen molar-refractivity contribution in [1.29, 1.82) is 0 Å². The summed E-state index contributed by atoms with van der Waals surface area (Å²) in [6.07, 6.45) is 1.75. The van der Waals surface area contributed by atoms with Gasteiger partial charge in [0.05, 0.1) is 7.11 Å². The molecule has 2 aromatic carbocycles. The topological polar surface area (TPSA) is 43.4 Å². The Balaban J connectivity index is 2.19. The molecule has 21 heavy (non-hydrogen) atoms. The molecule has 2 aromatic rings. The Morgan fingerprint density at radius 3 is 2.43 bits per heavy atom. The second-order valence-corrected chi connectivity index (χ2v) is 5.50. The van der Waals surface area contributed by atoms with Gasteiger partial charge in [0.2, 0.25) is 11.6 Å². The number of fused-ring (bicyclic) bond motifs is 1. The summed E-state index contributed by atoms with van der Waals surface area (Å²) in [5.74, 6) is -0.438. The van der Waals surface area contributed by atoms with Gasteiger partial charge >= 0.3 is 0 Å². The fraction of sp³-hybridized carbons (Fsp3) is 0.0588. The minimum atomic E-state index is -0.503. The molecule has 3 rings (SSSR count). The molecule has 0 amide bonds. The largest absolute Gasteiger partial charge is 0.497 e. The van der Waals surface area contributed by atoms with E-state index in [-0.39, 0.29) is 0 Å². The van der Waals surface area contributed by atoms with Crippen LogP contribution in [0.1, 0.15) is 21.5 Å². The fourth-order valence-corrected chi connectivity index (χ4v) is 2.83. The second-order valence-electron chi connectivity index (χ2n) is 4.65. The highest BCUT2D eigenvalue weighted by Crippen LogP contribution is 2.33. The van der Waals surface area contributed by atoms with Gasteiger partial charge in [-0.15, -0.1) is 0 Å². The number of hydrogen-bond donors (Lipinski definition) is 0. The van der Waals surface area contributed by atoms with Gasteiger partial charge in [-0.1, -0.05) is 40.2 Å². The molecule has 3 nitrogen and oxygen atoms in total. The first kappa shape index (κ1) is 13.8. The first-order valence-electron chi connectivity index (χ1n) is 6.35. The fourth-order valence-electron chi connectivity index (χ4n) is 2.33. The van der Waals surface area contributed by atoms with Crippen LogP contribution in [0.5, 0.6) is 5.75 Å². The molecule has 0 bridgehead atoms. The van der Waals surface area contributed by atoms with E-state index in [0.717, 1.165) is 15.6 Å². The van der Waals surface area contributed by atoms with Crippen molar-refractivity contribution < 1.29 is 14.3 Å². The number of carbonyl (C=O) groups is 2. The van der Waals surface area contributed by atoms with E-state index in [2.05, 4.69) is 15.9 Å². The summed E-state index contributed by atoms with van der Waals surface area (Å²) in [7, 11) is 1.53. The highest BCUT2D eigenvalue weighted by molar-refractivity contribution is 9.10. The molecule has 1 aliphatic rings. The summed E-state index contributed by atoms with van der Waals surface area (Å²) in [4.78, 5) is 24.7. The maximum atomic E-state index is 12.4. The van der Waals surface area contributed by atoms with Gasteiger partial charge in [-0.3, -0.25) is 9.59 Å². The van der Waals surface area contributed by atoms with Gasteiger partial charge in [0.25, 0.3) is 0 Å². The van der Waals surface area contributed by atoms with Crippen LogP contribution >= 0.6 is 15.9 Å². The van der Waals surface area contributed by atoms with Crippen molar-refractivity contribution in [3.8, 4) is 5.75 Å². The third-order valence-electron chi connectivity index (χ3n) is 3.42. The zero-order valence-electron chi connectivity index (χ0n) is 11.2. The van der Waals surface area contributed by atoms with Crippen LogP contribution in [-0.4, -0.2) is 18.7 Å². The standard InChI is InChI=1S/C17H11BrO3/c1-21-11-7-6-10-8-14(12-4-2-3-5-15(12)18)17(20)16(19)13(10)9-11/h2-9H,1H3. The van der Waals surface area contributed by atoms with Crippen molar-refractivity contribution in [2.24, 2.45) is 0 Å². The number of allylic oxidation sites excluding steroid dienone is 1. The number of rotatable bonds is 2. The van der Waals surface area contributed by atoms with E-state index in [9.17, 15) is 9.59 Å². The Morgan fingerprint density at radius 2 is 1.71 bits per heavy atom. The number of halogens is 1. The van der Waals surface area contributed by atoms with E-state index in [1.165, 1.54) is 7.11 Å². The third-order valence-corrected chi connectivity index (χ3v) is 4.11. The normalized spacial score (nSPS) is 13.7. The molecule has 0 fully saturated rings. The van der Waals surface area contributed by atoms with Crippen LogP contribution < -0.4 is 4.74 Å². The Morgan fingerprint density at radius 1 is 0.952 bits per heavy atom. The van der Waals surface area contributed by atoms with Gasteiger partial charge in [-0.05, 0) is 35.4 Å². The van der Waals surface area contributed by atoms with E-state index in [1.54, 1.807) is 24.3 Å². The van der Waals surface area contributed by atoms with Gasteiger partial charge in [-0.2, -0.15) is 0 Å². The summed E-state index contributed by atoms with van der Waals surface area (Å²) in [5, 5.41) is 0. The number of hydrogen-bond acceptors (Lipinski definition) is 3. The number of Topliss-reactive ketones (excluding diaryl/α,β-unsaturated/α-hetero) is 2. The monoisotopic (exact) mass is 342 g/mol. The maximum Gasteiger partial charge on any atom is 0.234 e. The summed E-state index contributed by atoms with van der Waals surface area (Å²) in [5.41, 5.74) is 2.24. The van der Waals surface area contributed by atoms with E-state index in [1.807, 2.05) is 24.3 Å². The number of carbonyl (C=O) groups excluding carboxylic acids is 2. The molecule has 0 saturated heterocycles. The lowest BCUT2D eigenvalue weighted by molar-refractivity contribution is -0.110. The van der Waals surface area contributed by atoms with Crippen molar-refractivity contribution in [2.75, 3.05) is 7.11 Å². The average Bonchev–Trinajstić information content (AvgIpc) is 2.51. The number of ketones is 2. The lowest BCUT2D eigenvalue weighted by Crippen LogP contribution is -2.20. The quantitative estimate of drug-likeness (QED) is 0.780. The van der Waals surface area contributed by atoms with Crippen molar-refractivity contribution >= 4 is 39.1 Å². The molecule has 0 spiro atoms. The lowest BCUT2D eigenvalue weighted by Gasteiger charge is -2.16. The van der Waals surface area contributed by atoms with E-state index < -0.39 is 11.6 Å². The molecular weight excluding hydrogens is 332 g/mol. The van der Waals surface area contributed by atoms with E-state index in [0.29, 0.717) is 16.9 Å². The predicted molar refractivity (Wildman–Crippen MR) is 84.3 cm³/mol. The van der Waals surface area contributed by atoms with Gasteiger partial charge in [0.15, 0.2) is 0 Å². The van der Waals surface area contributed by atoms with Gasteiger partial charge in [-0.25, -0.2) is 0 Å². The summed E-state index contributed by atoms with van der Waals surface area (Å²) < 4.78 is 5.89. The number of benzene rings is 2. The van der Waals surface area contributed by atoms with Crippen LogP contribution in [-0.2, 0) is 4.79 Å². The molecule has 0 aliphatic heterocycles. The average molecular weight is 343 g/mol. The molecular formula is C17H11BrO3. The van der Waals surface area contributed by atoms with Crippen molar-refractivity contribution in [2.45, 2.75) is 0 Å². The van der Waals surface area contributed by atoms with Gasteiger partial charge in [0, 0.05) is 15.6 Å². The predicted octanol–water partition coefficient (Wildman–Crippen LogP) is 3.76. The lowest BCUT2D eigenvalue weighted by atomic mass is 9.86. The SMILES string of the molecule is COc1ccc2c(c1)C(=O)C(=O)C(c1ccccc1Br)=C2. The molecule has 0 N–H and O–H groups in total. The van der Waals surface area contributed by atoms with Crippen LogP contribution in [0.2, 0.25) is 0 Å². The molecule has 0 aromatic heterocycles. The Hall–Kier alpha value is -2.20. The molecule has 104 valence electrons. The summed E-state index contributed by atoms with van der Waals surface area (Å²) in [6, 6.07) is 12.5. The molecule has 0 saturated carbocycles. The first-order valence-corrected chi connectivity index (χ1v) is 7.15. The van der Waals surface area contributed by atoms with E-state index in [4.69, 9.17) is 4.74 Å². The van der Waals surface area contributed by atoms with Crippen molar-refractivity contribution in [3.63, 3.8) is 0 Å². The maximum absolute atomic E-state index is 12.4. The molecule has 0 atom stereocenters. The van der Waals surface area contributed by atoms with Crippen molar-refractivity contribution in [1.82, 2.24) is 0 Å². The number of ether oxygens (including phenoxy) is 1. The van der Waals surface area contributed by atoms with Crippen LogP contribution in [0.4, 0.5) is 0 Å².